The zero-order valence-corrected chi connectivity index (χ0v) is 8.18. The lowest BCUT2D eigenvalue weighted by molar-refractivity contribution is -0.139. The highest BCUT2D eigenvalue weighted by Crippen LogP contribution is 2.17. The van der Waals surface area contributed by atoms with Crippen molar-refractivity contribution in [2.24, 2.45) is 0 Å². The van der Waals surface area contributed by atoms with Gasteiger partial charge in [0.2, 0.25) is 0 Å². The molecule has 0 aliphatic heterocycles. The van der Waals surface area contributed by atoms with E-state index in [9.17, 15) is 4.79 Å². The second-order valence-corrected chi connectivity index (χ2v) is 2.75. The molecule has 0 aliphatic rings. The molecule has 80 valence electrons. The Bertz CT molecular complexity index is 329. The number of benzene rings is 1. The summed E-state index contributed by atoms with van der Waals surface area (Å²) in [5.41, 5.74) is 0. The molecule has 0 amide bonds. The van der Waals surface area contributed by atoms with Crippen molar-refractivity contribution in [1.82, 2.24) is 0 Å². The molecule has 0 aliphatic carbocycles. The van der Waals surface area contributed by atoms with Gasteiger partial charge in [0.1, 0.15) is 18.1 Å². The standard InChI is InChI=1S/C11H12O4/c1-2-7-14-9-3-5-10(6-4-9)15-8-11(12)13/h2-6H,1,7-8H2,(H,12,13). The molecule has 4 heteroatoms. The van der Waals surface area contributed by atoms with Gasteiger partial charge in [-0.3, -0.25) is 0 Å². The number of ether oxygens (including phenoxy) is 2. The quantitative estimate of drug-likeness (QED) is 0.723. The molecule has 1 rings (SSSR count). The van der Waals surface area contributed by atoms with Gasteiger partial charge in [0.15, 0.2) is 6.61 Å². The Kier molecular flexibility index (Phi) is 4.22. The molecule has 0 fully saturated rings. The van der Waals surface area contributed by atoms with Gasteiger partial charge in [-0.05, 0) is 24.3 Å². The topological polar surface area (TPSA) is 55.8 Å². The molecule has 0 saturated carbocycles. The molecule has 1 aromatic carbocycles. The number of carboxylic acids is 1. The number of carboxylic acid groups (broad SMARTS) is 1. The van der Waals surface area contributed by atoms with Crippen LogP contribution in [0.4, 0.5) is 0 Å². The Hall–Kier alpha value is -1.97. The smallest absolute Gasteiger partial charge is 0.341 e. The van der Waals surface area contributed by atoms with Crippen LogP contribution < -0.4 is 9.47 Å². The second kappa shape index (κ2) is 5.70. The molecular formula is C11H12O4. The van der Waals surface area contributed by atoms with E-state index in [0.717, 1.165) is 0 Å². The molecule has 0 radical (unpaired) electrons. The first-order valence-corrected chi connectivity index (χ1v) is 4.40. The van der Waals surface area contributed by atoms with Crippen LogP contribution >= 0.6 is 0 Å². The maximum Gasteiger partial charge on any atom is 0.341 e. The van der Waals surface area contributed by atoms with E-state index in [1.165, 1.54) is 0 Å². The van der Waals surface area contributed by atoms with E-state index in [1.807, 2.05) is 0 Å². The van der Waals surface area contributed by atoms with E-state index < -0.39 is 5.97 Å². The molecule has 0 heterocycles. The maximum absolute atomic E-state index is 10.2. The monoisotopic (exact) mass is 208 g/mol. The van der Waals surface area contributed by atoms with Crippen LogP contribution in [-0.4, -0.2) is 24.3 Å². The van der Waals surface area contributed by atoms with E-state index in [4.69, 9.17) is 14.6 Å². The molecule has 0 aromatic heterocycles. The normalized spacial score (nSPS) is 9.33. The van der Waals surface area contributed by atoms with Crippen molar-refractivity contribution in [3.8, 4) is 11.5 Å². The number of hydrogen-bond donors (Lipinski definition) is 1. The van der Waals surface area contributed by atoms with Crippen molar-refractivity contribution >= 4 is 5.97 Å². The summed E-state index contributed by atoms with van der Waals surface area (Å²) in [5, 5.41) is 8.38. The Morgan fingerprint density at radius 2 is 1.80 bits per heavy atom. The summed E-state index contributed by atoms with van der Waals surface area (Å²) in [4.78, 5) is 10.2. The Morgan fingerprint density at radius 1 is 1.27 bits per heavy atom. The van der Waals surface area contributed by atoms with Crippen LogP contribution in [0.5, 0.6) is 11.5 Å². The Balaban J connectivity index is 2.48. The average Bonchev–Trinajstić information content (AvgIpc) is 2.25. The van der Waals surface area contributed by atoms with Gasteiger partial charge in [-0.15, -0.1) is 0 Å². The Morgan fingerprint density at radius 3 is 2.27 bits per heavy atom. The van der Waals surface area contributed by atoms with E-state index in [-0.39, 0.29) is 6.61 Å². The lowest BCUT2D eigenvalue weighted by Gasteiger charge is -2.05. The highest BCUT2D eigenvalue weighted by atomic mass is 16.5. The first kappa shape index (κ1) is 11.1. The summed E-state index contributed by atoms with van der Waals surface area (Å²) in [6.45, 7) is 3.63. The number of aliphatic carboxylic acids is 1. The van der Waals surface area contributed by atoms with Crippen LogP contribution in [0.2, 0.25) is 0 Å². The van der Waals surface area contributed by atoms with E-state index in [2.05, 4.69) is 6.58 Å². The van der Waals surface area contributed by atoms with Gasteiger partial charge in [0.05, 0.1) is 0 Å². The fourth-order valence-corrected chi connectivity index (χ4v) is 0.932. The second-order valence-electron chi connectivity index (χ2n) is 2.75. The van der Waals surface area contributed by atoms with Crippen molar-refractivity contribution in [3.05, 3.63) is 36.9 Å². The predicted molar refractivity (Wildman–Crippen MR) is 55.3 cm³/mol. The minimum absolute atomic E-state index is 0.340. The van der Waals surface area contributed by atoms with Gasteiger partial charge in [0.25, 0.3) is 0 Å². The van der Waals surface area contributed by atoms with Crippen molar-refractivity contribution in [3.63, 3.8) is 0 Å². The van der Waals surface area contributed by atoms with Gasteiger partial charge >= 0.3 is 5.97 Å². The molecule has 0 bridgehead atoms. The average molecular weight is 208 g/mol. The van der Waals surface area contributed by atoms with Crippen LogP contribution in [0, 0.1) is 0 Å². The van der Waals surface area contributed by atoms with Gasteiger partial charge < -0.3 is 14.6 Å². The summed E-state index contributed by atoms with van der Waals surface area (Å²) in [6.07, 6.45) is 1.65. The zero-order valence-electron chi connectivity index (χ0n) is 8.18. The summed E-state index contributed by atoms with van der Waals surface area (Å²) in [5.74, 6) is 0.197. The molecule has 1 aromatic rings. The van der Waals surface area contributed by atoms with Gasteiger partial charge in [0, 0.05) is 0 Å². The third kappa shape index (κ3) is 4.17. The first-order valence-electron chi connectivity index (χ1n) is 4.40. The van der Waals surface area contributed by atoms with E-state index in [1.54, 1.807) is 30.3 Å². The summed E-state index contributed by atoms with van der Waals surface area (Å²) < 4.78 is 10.2. The lowest BCUT2D eigenvalue weighted by atomic mass is 10.3. The predicted octanol–water partition coefficient (Wildman–Crippen LogP) is 1.71. The van der Waals surface area contributed by atoms with Gasteiger partial charge in [-0.25, -0.2) is 4.79 Å². The molecule has 4 nitrogen and oxygen atoms in total. The molecule has 0 atom stereocenters. The molecular weight excluding hydrogens is 196 g/mol. The van der Waals surface area contributed by atoms with Gasteiger partial charge in [-0.2, -0.15) is 0 Å². The lowest BCUT2D eigenvalue weighted by Crippen LogP contribution is -2.09. The maximum atomic E-state index is 10.2. The fourth-order valence-electron chi connectivity index (χ4n) is 0.932. The van der Waals surface area contributed by atoms with Crippen molar-refractivity contribution in [1.29, 1.82) is 0 Å². The van der Waals surface area contributed by atoms with Crippen molar-refractivity contribution in [2.75, 3.05) is 13.2 Å². The molecule has 15 heavy (non-hydrogen) atoms. The molecule has 1 N–H and O–H groups in total. The van der Waals surface area contributed by atoms with E-state index in [0.29, 0.717) is 18.1 Å². The summed E-state index contributed by atoms with van der Waals surface area (Å²) in [7, 11) is 0. The molecule has 0 spiro atoms. The number of hydrogen-bond acceptors (Lipinski definition) is 3. The number of rotatable bonds is 6. The van der Waals surface area contributed by atoms with Crippen LogP contribution in [0.1, 0.15) is 0 Å². The minimum Gasteiger partial charge on any atom is -0.490 e. The van der Waals surface area contributed by atoms with E-state index >= 15 is 0 Å². The fraction of sp³-hybridized carbons (Fsp3) is 0.182. The minimum atomic E-state index is -0.998. The SMILES string of the molecule is C=CCOc1ccc(OCC(=O)O)cc1. The third-order valence-corrected chi connectivity index (χ3v) is 1.55. The van der Waals surface area contributed by atoms with Crippen LogP contribution in [0.15, 0.2) is 36.9 Å². The highest BCUT2D eigenvalue weighted by Gasteiger charge is 1.99. The Labute approximate surface area is 87.7 Å². The van der Waals surface area contributed by atoms with Crippen LogP contribution in [-0.2, 0) is 4.79 Å². The summed E-state index contributed by atoms with van der Waals surface area (Å²) >= 11 is 0. The zero-order chi connectivity index (χ0) is 11.1. The van der Waals surface area contributed by atoms with Crippen molar-refractivity contribution < 1.29 is 19.4 Å². The third-order valence-electron chi connectivity index (χ3n) is 1.55. The largest absolute Gasteiger partial charge is 0.490 e. The van der Waals surface area contributed by atoms with Crippen molar-refractivity contribution in [2.45, 2.75) is 0 Å². The van der Waals surface area contributed by atoms with Crippen LogP contribution in [0.3, 0.4) is 0 Å². The summed E-state index contributed by atoms with van der Waals surface area (Å²) in [6, 6.07) is 6.73. The first-order chi connectivity index (χ1) is 7.22. The van der Waals surface area contributed by atoms with Crippen LogP contribution in [0.25, 0.3) is 0 Å². The highest BCUT2D eigenvalue weighted by molar-refractivity contribution is 5.68. The molecule has 0 unspecified atom stereocenters. The molecule has 0 saturated heterocycles. The number of carbonyl (C=O) groups is 1. The van der Waals surface area contributed by atoms with Gasteiger partial charge in [-0.1, -0.05) is 12.7 Å².